The number of rotatable bonds is 6. The van der Waals surface area contributed by atoms with Crippen LogP contribution in [0, 0.1) is 5.41 Å². The highest BCUT2D eigenvalue weighted by Gasteiger charge is 2.58. The van der Waals surface area contributed by atoms with Gasteiger partial charge in [0, 0.05) is 12.8 Å². The molecule has 2 heterocycles. The summed E-state index contributed by atoms with van der Waals surface area (Å²) in [5, 5.41) is 17.0. The lowest BCUT2D eigenvalue weighted by Crippen LogP contribution is -2.63. The molecule has 0 spiro atoms. The average molecular weight is 294 g/mol. The Balaban J connectivity index is 2.46. The van der Waals surface area contributed by atoms with Crippen LogP contribution in [0.5, 0.6) is 0 Å². The number of fused-ring (bicyclic) bond motifs is 1. The average Bonchev–Trinajstić information content (AvgIpc) is 2.71. The smallest absolute Gasteiger partial charge is 0.312 e. The molecular formula is C17H30N2O2. The predicted molar refractivity (Wildman–Crippen MR) is 85.5 cm³/mol. The zero-order valence-corrected chi connectivity index (χ0v) is 13.6. The summed E-state index contributed by atoms with van der Waals surface area (Å²) < 4.78 is 0. The molecule has 2 aliphatic heterocycles. The Morgan fingerprint density at radius 2 is 2.10 bits per heavy atom. The normalized spacial score (nSPS) is 28.6. The van der Waals surface area contributed by atoms with Crippen LogP contribution in [0.3, 0.4) is 0 Å². The van der Waals surface area contributed by atoms with Crippen LogP contribution in [0.1, 0.15) is 78.1 Å². The molecule has 4 heteroatoms. The van der Waals surface area contributed by atoms with Gasteiger partial charge in [0.05, 0.1) is 11.0 Å². The summed E-state index contributed by atoms with van der Waals surface area (Å²) in [6.07, 6.45) is 11.8. The highest BCUT2D eigenvalue weighted by Crippen LogP contribution is 2.52. The molecule has 2 rings (SSSR count). The van der Waals surface area contributed by atoms with E-state index in [0.29, 0.717) is 6.42 Å². The fourth-order valence-electron chi connectivity index (χ4n) is 4.49. The summed E-state index contributed by atoms with van der Waals surface area (Å²) >= 11 is 0. The Morgan fingerprint density at radius 3 is 2.76 bits per heavy atom. The molecule has 0 saturated carbocycles. The van der Waals surface area contributed by atoms with E-state index in [2.05, 4.69) is 24.0 Å². The van der Waals surface area contributed by atoms with Crippen LogP contribution in [-0.4, -0.2) is 34.4 Å². The van der Waals surface area contributed by atoms with E-state index in [-0.39, 0.29) is 5.54 Å². The van der Waals surface area contributed by atoms with Crippen molar-refractivity contribution in [3.05, 3.63) is 0 Å². The molecule has 120 valence electrons. The molecule has 1 saturated heterocycles. The Hall–Kier alpha value is -1.06. The molecule has 0 aromatic rings. The number of carboxylic acid groups (broad SMARTS) is 1. The molecule has 0 radical (unpaired) electrons. The number of unbranched alkanes of at least 4 members (excludes halogenated alkanes) is 1. The third-order valence-electron chi connectivity index (χ3n) is 5.71. The first-order chi connectivity index (χ1) is 10.1. The standard InChI is InChI=1S/C17H30N2O2/c1-3-5-10-16(4-2,15(20)21)17-11-6-8-13-18-19(17)14-9-7-12-17/h13H,3-12,14H2,1-2H3,(H,20,21). The number of hydrogen-bond donors (Lipinski definition) is 1. The van der Waals surface area contributed by atoms with Crippen LogP contribution < -0.4 is 0 Å². The minimum Gasteiger partial charge on any atom is -0.481 e. The molecule has 2 aliphatic rings. The summed E-state index contributed by atoms with van der Waals surface area (Å²) in [5.41, 5.74) is -0.918. The lowest BCUT2D eigenvalue weighted by Gasteiger charge is -2.55. The number of hydrazone groups is 1. The second-order valence-electron chi connectivity index (χ2n) is 6.65. The van der Waals surface area contributed by atoms with Gasteiger partial charge in [-0.3, -0.25) is 9.80 Å². The number of nitrogens with zero attached hydrogens (tertiary/aromatic N) is 2. The maximum absolute atomic E-state index is 12.3. The largest absolute Gasteiger partial charge is 0.481 e. The van der Waals surface area contributed by atoms with Crippen molar-refractivity contribution in [2.45, 2.75) is 83.6 Å². The SMILES string of the molecule is CCCCC(CC)(C(=O)O)C12CCCC=NN1CCCC2. The first kappa shape index (κ1) is 16.3. The highest BCUT2D eigenvalue weighted by molar-refractivity contribution is 5.77. The summed E-state index contributed by atoms with van der Waals surface area (Å²) in [5.74, 6) is -0.609. The number of aliphatic carboxylic acids is 1. The molecular weight excluding hydrogens is 264 g/mol. The van der Waals surface area contributed by atoms with Crippen molar-refractivity contribution >= 4 is 12.2 Å². The van der Waals surface area contributed by atoms with Crippen molar-refractivity contribution in [3.8, 4) is 0 Å². The molecule has 0 aromatic carbocycles. The molecule has 2 unspecified atom stereocenters. The van der Waals surface area contributed by atoms with Gasteiger partial charge in [-0.2, -0.15) is 5.10 Å². The van der Waals surface area contributed by atoms with Crippen molar-refractivity contribution in [1.82, 2.24) is 5.01 Å². The minimum atomic E-state index is -0.648. The fourth-order valence-corrected chi connectivity index (χ4v) is 4.49. The number of carboxylic acids is 1. The van der Waals surface area contributed by atoms with Gasteiger partial charge in [0.1, 0.15) is 0 Å². The van der Waals surface area contributed by atoms with E-state index < -0.39 is 11.4 Å². The van der Waals surface area contributed by atoms with E-state index in [1.165, 1.54) is 0 Å². The second-order valence-corrected chi connectivity index (χ2v) is 6.65. The van der Waals surface area contributed by atoms with Crippen LogP contribution in [-0.2, 0) is 4.79 Å². The van der Waals surface area contributed by atoms with Crippen LogP contribution in [0.2, 0.25) is 0 Å². The molecule has 0 aromatic heterocycles. The van der Waals surface area contributed by atoms with Crippen molar-refractivity contribution in [3.63, 3.8) is 0 Å². The summed E-state index contributed by atoms with van der Waals surface area (Å²) in [6.45, 7) is 5.11. The second kappa shape index (κ2) is 6.80. The topological polar surface area (TPSA) is 52.9 Å². The van der Waals surface area contributed by atoms with Crippen molar-refractivity contribution in [2.24, 2.45) is 10.5 Å². The lowest BCUT2D eigenvalue weighted by molar-refractivity contribution is -0.168. The molecule has 4 nitrogen and oxygen atoms in total. The summed E-state index contributed by atoms with van der Waals surface area (Å²) in [6, 6.07) is 0. The lowest BCUT2D eigenvalue weighted by atomic mass is 9.59. The monoisotopic (exact) mass is 294 g/mol. The van der Waals surface area contributed by atoms with Crippen LogP contribution in [0.25, 0.3) is 0 Å². The van der Waals surface area contributed by atoms with Crippen LogP contribution in [0.15, 0.2) is 5.10 Å². The third-order valence-corrected chi connectivity index (χ3v) is 5.71. The van der Waals surface area contributed by atoms with Crippen LogP contribution >= 0.6 is 0 Å². The van der Waals surface area contributed by atoms with Crippen LogP contribution in [0.4, 0.5) is 0 Å². The van der Waals surface area contributed by atoms with E-state index in [9.17, 15) is 9.90 Å². The fraction of sp³-hybridized carbons (Fsp3) is 0.882. The van der Waals surface area contributed by atoms with E-state index in [1.807, 2.05) is 6.21 Å². The van der Waals surface area contributed by atoms with Gasteiger partial charge in [0.2, 0.25) is 0 Å². The summed E-state index contributed by atoms with van der Waals surface area (Å²) in [4.78, 5) is 12.3. The number of carbonyl (C=O) groups is 1. The number of hydrogen-bond acceptors (Lipinski definition) is 3. The maximum Gasteiger partial charge on any atom is 0.312 e. The molecule has 2 atom stereocenters. The molecule has 0 amide bonds. The van der Waals surface area contributed by atoms with Gasteiger partial charge in [0.15, 0.2) is 0 Å². The Labute approximate surface area is 128 Å². The Kier molecular flexibility index (Phi) is 5.28. The Morgan fingerprint density at radius 1 is 1.33 bits per heavy atom. The van der Waals surface area contributed by atoms with E-state index in [1.54, 1.807) is 0 Å². The van der Waals surface area contributed by atoms with Gasteiger partial charge in [-0.05, 0) is 51.4 Å². The van der Waals surface area contributed by atoms with Gasteiger partial charge in [-0.15, -0.1) is 0 Å². The van der Waals surface area contributed by atoms with Crippen molar-refractivity contribution in [2.75, 3.05) is 6.54 Å². The molecule has 1 fully saturated rings. The zero-order chi connectivity index (χ0) is 15.3. The van der Waals surface area contributed by atoms with Crippen molar-refractivity contribution < 1.29 is 9.90 Å². The predicted octanol–water partition coefficient (Wildman–Crippen LogP) is 4.05. The van der Waals surface area contributed by atoms with E-state index in [4.69, 9.17) is 0 Å². The van der Waals surface area contributed by atoms with Gasteiger partial charge < -0.3 is 5.11 Å². The van der Waals surface area contributed by atoms with Gasteiger partial charge in [-0.25, -0.2) is 0 Å². The minimum absolute atomic E-state index is 0.270. The van der Waals surface area contributed by atoms with E-state index in [0.717, 1.165) is 64.3 Å². The molecule has 0 bridgehead atoms. The highest BCUT2D eigenvalue weighted by atomic mass is 16.4. The maximum atomic E-state index is 12.3. The van der Waals surface area contributed by atoms with Gasteiger partial charge in [0.25, 0.3) is 0 Å². The van der Waals surface area contributed by atoms with Gasteiger partial charge in [-0.1, -0.05) is 26.7 Å². The summed E-state index contributed by atoms with van der Waals surface area (Å²) in [7, 11) is 0. The molecule has 1 N–H and O–H groups in total. The first-order valence-corrected chi connectivity index (χ1v) is 8.66. The zero-order valence-electron chi connectivity index (χ0n) is 13.6. The first-order valence-electron chi connectivity index (χ1n) is 8.66. The molecule has 0 aliphatic carbocycles. The number of piperidine rings is 1. The quantitative estimate of drug-likeness (QED) is 0.804. The third kappa shape index (κ3) is 2.69. The Bertz CT molecular complexity index is 396. The van der Waals surface area contributed by atoms with Gasteiger partial charge >= 0.3 is 5.97 Å². The van der Waals surface area contributed by atoms with Crippen molar-refractivity contribution in [1.29, 1.82) is 0 Å². The molecule has 21 heavy (non-hydrogen) atoms. The van der Waals surface area contributed by atoms with E-state index >= 15 is 0 Å².